The standard InChI is InChI=1S/C20H25N3O7S/c1-23(2)19(24)12-30-17-7-5-13(9-18(17)29-4)11-22-20(25)15-10-14(31(21,26)27)6-8-16(15)28-3/h5-10H,11-12H2,1-4H3,(H,22,25)(H2,21,26,27). The van der Waals surface area contributed by atoms with E-state index in [0.29, 0.717) is 17.1 Å². The zero-order chi connectivity index (χ0) is 23.2. The Labute approximate surface area is 180 Å². The van der Waals surface area contributed by atoms with Crippen molar-refractivity contribution in [2.75, 3.05) is 34.9 Å². The number of nitrogens with one attached hydrogen (secondary N) is 1. The summed E-state index contributed by atoms with van der Waals surface area (Å²) in [6.45, 7) is -0.0194. The van der Waals surface area contributed by atoms with Crippen LogP contribution >= 0.6 is 0 Å². The second-order valence-electron chi connectivity index (χ2n) is 6.65. The Balaban J connectivity index is 2.14. The second kappa shape index (κ2) is 10.1. The van der Waals surface area contributed by atoms with E-state index in [9.17, 15) is 18.0 Å². The number of nitrogens with zero attached hydrogens (tertiary/aromatic N) is 1. The molecule has 0 aliphatic carbocycles. The van der Waals surface area contributed by atoms with Gasteiger partial charge in [-0.2, -0.15) is 0 Å². The average Bonchev–Trinajstić information content (AvgIpc) is 2.74. The molecule has 2 aromatic carbocycles. The maximum absolute atomic E-state index is 12.6. The van der Waals surface area contributed by atoms with Gasteiger partial charge in [0.1, 0.15) is 5.75 Å². The Morgan fingerprint density at radius 3 is 2.23 bits per heavy atom. The van der Waals surface area contributed by atoms with Crippen LogP contribution in [0.5, 0.6) is 17.2 Å². The van der Waals surface area contributed by atoms with Gasteiger partial charge in [-0.15, -0.1) is 0 Å². The number of carbonyl (C=O) groups is 2. The van der Waals surface area contributed by atoms with Crippen molar-refractivity contribution in [3.8, 4) is 17.2 Å². The lowest BCUT2D eigenvalue weighted by Gasteiger charge is -2.15. The molecule has 2 aromatic rings. The molecule has 0 aliphatic heterocycles. The molecule has 0 aromatic heterocycles. The predicted octanol–water partition coefficient (Wildman–Crippen LogP) is 0.748. The number of primary sulfonamides is 1. The van der Waals surface area contributed by atoms with Crippen molar-refractivity contribution in [3.63, 3.8) is 0 Å². The van der Waals surface area contributed by atoms with E-state index in [1.807, 2.05) is 0 Å². The summed E-state index contributed by atoms with van der Waals surface area (Å²) >= 11 is 0. The summed E-state index contributed by atoms with van der Waals surface area (Å²) in [5, 5.41) is 7.83. The van der Waals surface area contributed by atoms with Gasteiger partial charge in [-0.3, -0.25) is 9.59 Å². The maximum Gasteiger partial charge on any atom is 0.259 e. The molecule has 0 fully saturated rings. The number of ether oxygens (including phenoxy) is 3. The van der Waals surface area contributed by atoms with Crippen molar-refractivity contribution < 1.29 is 32.2 Å². The van der Waals surface area contributed by atoms with Gasteiger partial charge in [0.15, 0.2) is 18.1 Å². The highest BCUT2D eigenvalue weighted by Gasteiger charge is 2.17. The van der Waals surface area contributed by atoms with Gasteiger partial charge in [-0.1, -0.05) is 6.07 Å². The summed E-state index contributed by atoms with van der Waals surface area (Å²) in [5.41, 5.74) is 0.723. The molecule has 0 aliphatic rings. The molecule has 3 N–H and O–H groups in total. The molecule has 0 saturated heterocycles. The summed E-state index contributed by atoms with van der Waals surface area (Å²) in [6.07, 6.45) is 0. The Morgan fingerprint density at radius 2 is 1.65 bits per heavy atom. The fourth-order valence-corrected chi connectivity index (χ4v) is 3.07. The highest BCUT2D eigenvalue weighted by atomic mass is 32.2. The van der Waals surface area contributed by atoms with Crippen molar-refractivity contribution in [2.45, 2.75) is 11.4 Å². The third-order valence-electron chi connectivity index (χ3n) is 4.28. The van der Waals surface area contributed by atoms with Crippen molar-refractivity contribution >= 4 is 21.8 Å². The van der Waals surface area contributed by atoms with Gasteiger partial charge in [0.05, 0.1) is 24.7 Å². The first-order valence-electron chi connectivity index (χ1n) is 9.05. The quantitative estimate of drug-likeness (QED) is 0.574. The lowest BCUT2D eigenvalue weighted by Crippen LogP contribution is -2.27. The van der Waals surface area contributed by atoms with E-state index in [0.717, 1.165) is 6.07 Å². The number of hydrogen-bond donors (Lipinski definition) is 2. The molecule has 0 spiro atoms. The monoisotopic (exact) mass is 451 g/mol. The SMILES string of the molecule is COc1cc(CNC(=O)c2cc(S(N)(=O)=O)ccc2OC)ccc1OCC(=O)N(C)C. The fraction of sp³-hybridized carbons (Fsp3) is 0.300. The number of hydrogen-bond acceptors (Lipinski definition) is 7. The molecule has 2 rings (SSSR count). The Kier molecular flexibility index (Phi) is 7.83. The van der Waals surface area contributed by atoms with E-state index in [4.69, 9.17) is 19.3 Å². The van der Waals surface area contributed by atoms with E-state index >= 15 is 0 Å². The van der Waals surface area contributed by atoms with Gasteiger partial charge in [0, 0.05) is 20.6 Å². The molecule has 0 bridgehead atoms. The highest BCUT2D eigenvalue weighted by molar-refractivity contribution is 7.89. The van der Waals surface area contributed by atoms with E-state index in [1.165, 1.54) is 31.3 Å². The highest BCUT2D eigenvalue weighted by Crippen LogP contribution is 2.28. The molecule has 168 valence electrons. The predicted molar refractivity (Wildman–Crippen MR) is 113 cm³/mol. The minimum atomic E-state index is -3.97. The van der Waals surface area contributed by atoms with Gasteiger partial charge >= 0.3 is 0 Å². The number of methoxy groups -OCH3 is 2. The van der Waals surface area contributed by atoms with Crippen LogP contribution in [0.25, 0.3) is 0 Å². The third kappa shape index (κ3) is 6.33. The summed E-state index contributed by atoms with van der Waals surface area (Å²) in [4.78, 5) is 25.5. The van der Waals surface area contributed by atoms with Crippen LogP contribution in [0.4, 0.5) is 0 Å². The molecule has 10 nitrogen and oxygen atoms in total. The summed E-state index contributed by atoms with van der Waals surface area (Å²) in [6, 6.07) is 8.77. The fourth-order valence-electron chi connectivity index (χ4n) is 2.53. The van der Waals surface area contributed by atoms with Crippen molar-refractivity contribution in [1.29, 1.82) is 0 Å². The number of sulfonamides is 1. The van der Waals surface area contributed by atoms with Gasteiger partial charge in [-0.05, 0) is 35.9 Å². The zero-order valence-electron chi connectivity index (χ0n) is 17.7. The number of carbonyl (C=O) groups excluding carboxylic acids is 2. The molecule has 0 atom stereocenters. The van der Waals surface area contributed by atoms with Crippen LogP contribution in [0, 0.1) is 0 Å². The maximum atomic E-state index is 12.6. The first kappa shape index (κ1) is 24.0. The number of nitrogens with two attached hydrogens (primary N) is 1. The van der Waals surface area contributed by atoms with Crippen LogP contribution in [0.1, 0.15) is 15.9 Å². The molecule has 0 heterocycles. The largest absolute Gasteiger partial charge is 0.496 e. The topological polar surface area (TPSA) is 137 Å². The minimum absolute atomic E-state index is 0.0307. The van der Waals surface area contributed by atoms with Crippen LogP contribution in [-0.4, -0.2) is 60.1 Å². The first-order chi connectivity index (χ1) is 14.6. The van der Waals surface area contributed by atoms with Crippen LogP contribution < -0.4 is 24.7 Å². The number of amides is 2. The van der Waals surface area contributed by atoms with E-state index in [2.05, 4.69) is 5.32 Å². The molecule has 2 amide bonds. The van der Waals surface area contributed by atoms with Crippen molar-refractivity contribution in [1.82, 2.24) is 10.2 Å². The Morgan fingerprint density at radius 1 is 1.00 bits per heavy atom. The average molecular weight is 452 g/mol. The number of rotatable bonds is 9. The third-order valence-corrected chi connectivity index (χ3v) is 5.19. The molecule has 0 saturated carbocycles. The minimum Gasteiger partial charge on any atom is -0.496 e. The molecule has 11 heteroatoms. The van der Waals surface area contributed by atoms with Crippen molar-refractivity contribution in [3.05, 3.63) is 47.5 Å². The molecule has 0 unspecified atom stereocenters. The molecule has 0 radical (unpaired) electrons. The summed E-state index contributed by atoms with van der Waals surface area (Å²) in [5.74, 6) is 0.242. The van der Waals surface area contributed by atoms with Gasteiger partial charge in [-0.25, -0.2) is 13.6 Å². The Bertz CT molecular complexity index is 1070. The lowest BCUT2D eigenvalue weighted by molar-refractivity contribution is -0.130. The Hall–Kier alpha value is -3.31. The van der Waals surface area contributed by atoms with Gasteiger partial charge in [0.2, 0.25) is 10.0 Å². The van der Waals surface area contributed by atoms with Crippen LogP contribution in [0.2, 0.25) is 0 Å². The first-order valence-corrected chi connectivity index (χ1v) is 10.6. The number of likely N-dealkylation sites (N-methyl/N-ethyl adjacent to an activating group) is 1. The van der Waals surface area contributed by atoms with Gasteiger partial charge in [0.25, 0.3) is 11.8 Å². The molecular weight excluding hydrogens is 426 g/mol. The van der Waals surface area contributed by atoms with E-state index in [1.54, 1.807) is 32.3 Å². The molecule has 31 heavy (non-hydrogen) atoms. The zero-order valence-corrected chi connectivity index (χ0v) is 18.5. The van der Waals surface area contributed by atoms with Crippen molar-refractivity contribution in [2.24, 2.45) is 5.14 Å². The van der Waals surface area contributed by atoms with Gasteiger partial charge < -0.3 is 24.4 Å². The van der Waals surface area contributed by atoms with Crippen LogP contribution in [-0.2, 0) is 21.4 Å². The lowest BCUT2D eigenvalue weighted by atomic mass is 10.1. The number of benzene rings is 2. The van der Waals surface area contributed by atoms with E-state index < -0.39 is 15.9 Å². The van der Waals surface area contributed by atoms with Crippen LogP contribution in [0.15, 0.2) is 41.3 Å². The second-order valence-corrected chi connectivity index (χ2v) is 8.21. The molecular formula is C20H25N3O7S. The van der Waals surface area contributed by atoms with Crippen LogP contribution in [0.3, 0.4) is 0 Å². The van der Waals surface area contributed by atoms with E-state index in [-0.39, 0.29) is 35.3 Å². The normalized spacial score (nSPS) is 10.9. The summed E-state index contributed by atoms with van der Waals surface area (Å²) in [7, 11) is 2.11. The smallest absolute Gasteiger partial charge is 0.259 e. The summed E-state index contributed by atoms with van der Waals surface area (Å²) < 4.78 is 39.1.